The number of rotatable bonds is 7. The average molecular weight is 228 g/mol. The quantitative estimate of drug-likeness (QED) is 0.599. The molecule has 0 radical (unpaired) electrons. The summed E-state index contributed by atoms with van der Waals surface area (Å²) in [7, 11) is 0. The molecule has 0 bridgehead atoms. The van der Waals surface area contributed by atoms with Crippen LogP contribution in [0.1, 0.15) is 40.0 Å². The molecule has 0 spiro atoms. The fourth-order valence-corrected chi connectivity index (χ4v) is 1.51. The predicted molar refractivity (Wildman–Crippen MR) is 64.1 cm³/mol. The SMILES string of the molecule is CCC(C)NC(=O)C(C)NCC(O)C1CC1. The Kier molecular flexibility index (Phi) is 5.22. The molecule has 0 saturated heterocycles. The highest BCUT2D eigenvalue weighted by molar-refractivity contribution is 5.81. The Morgan fingerprint density at radius 2 is 2.06 bits per heavy atom. The van der Waals surface area contributed by atoms with Gasteiger partial charge >= 0.3 is 0 Å². The number of nitrogens with one attached hydrogen (secondary N) is 2. The Balaban J connectivity index is 2.17. The maximum atomic E-state index is 11.7. The van der Waals surface area contributed by atoms with Crippen molar-refractivity contribution in [1.82, 2.24) is 10.6 Å². The van der Waals surface area contributed by atoms with Gasteiger partial charge in [-0.25, -0.2) is 0 Å². The molecule has 0 heterocycles. The molecule has 0 aromatic heterocycles. The second-order valence-corrected chi connectivity index (χ2v) is 4.85. The maximum absolute atomic E-state index is 11.7. The molecule has 3 N–H and O–H groups in total. The van der Waals surface area contributed by atoms with E-state index in [4.69, 9.17) is 0 Å². The lowest BCUT2D eigenvalue weighted by Crippen LogP contribution is -2.47. The Hall–Kier alpha value is -0.610. The normalized spacial score (nSPS) is 21.2. The molecule has 1 aliphatic rings. The van der Waals surface area contributed by atoms with Crippen LogP contribution in [0, 0.1) is 5.92 Å². The Morgan fingerprint density at radius 1 is 1.44 bits per heavy atom. The lowest BCUT2D eigenvalue weighted by molar-refractivity contribution is -0.123. The molecule has 3 unspecified atom stereocenters. The number of amides is 1. The van der Waals surface area contributed by atoms with E-state index >= 15 is 0 Å². The van der Waals surface area contributed by atoms with Crippen molar-refractivity contribution in [3.63, 3.8) is 0 Å². The predicted octanol–water partition coefficient (Wildman–Crippen LogP) is 0.650. The van der Waals surface area contributed by atoms with E-state index in [9.17, 15) is 9.90 Å². The van der Waals surface area contributed by atoms with Crippen molar-refractivity contribution < 1.29 is 9.90 Å². The van der Waals surface area contributed by atoms with Crippen LogP contribution in [-0.4, -0.2) is 35.7 Å². The second-order valence-electron chi connectivity index (χ2n) is 4.85. The first-order valence-corrected chi connectivity index (χ1v) is 6.26. The highest BCUT2D eigenvalue weighted by Gasteiger charge is 2.29. The van der Waals surface area contributed by atoms with Crippen LogP contribution in [0.15, 0.2) is 0 Å². The van der Waals surface area contributed by atoms with E-state index in [0.29, 0.717) is 12.5 Å². The van der Waals surface area contributed by atoms with Crippen LogP contribution >= 0.6 is 0 Å². The molecule has 1 amide bonds. The molecule has 3 atom stereocenters. The van der Waals surface area contributed by atoms with Crippen LogP contribution < -0.4 is 10.6 Å². The third-order valence-electron chi connectivity index (χ3n) is 3.19. The van der Waals surface area contributed by atoms with E-state index < -0.39 is 0 Å². The summed E-state index contributed by atoms with van der Waals surface area (Å²) in [5.41, 5.74) is 0. The van der Waals surface area contributed by atoms with Gasteiger partial charge in [0.25, 0.3) is 0 Å². The summed E-state index contributed by atoms with van der Waals surface area (Å²) < 4.78 is 0. The van der Waals surface area contributed by atoms with E-state index in [0.717, 1.165) is 19.3 Å². The molecule has 0 aliphatic heterocycles. The zero-order valence-corrected chi connectivity index (χ0v) is 10.5. The minimum absolute atomic E-state index is 0.0114. The Bertz CT molecular complexity index is 229. The zero-order valence-electron chi connectivity index (χ0n) is 10.5. The molecular formula is C12H24N2O2. The van der Waals surface area contributed by atoms with Gasteiger partial charge in [-0.05, 0) is 39.0 Å². The third-order valence-corrected chi connectivity index (χ3v) is 3.19. The largest absolute Gasteiger partial charge is 0.392 e. The smallest absolute Gasteiger partial charge is 0.237 e. The van der Waals surface area contributed by atoms with Crippen LogP contribution in [0.2, 0.25) is 0 Å². The van der Waals surface area contributed by atoms with Gasteiger partial charge in [0.2, 0.25) is 5.91 Å². The molecule has 1 aliphatic carbocycles. The fraction of sp³-hybridized carbons (Fsp3) is 0.917. The number of hydrogen-bond acceptors (Lipinski definition) is 3. The van der Waals surface area contributed by atoms with Crippen molar-refractivity contribution in [2.45, 2.75) is 58.2 Å². The number of aliphatic hydroxyl groups excluding tert-OH is 1. The second kappa shape index (κ2) is 6.21. The molecule has 16 heavy (non-hydrogen) atoms. The van der Waals surface area contributed by atoms with E-state index in [2.05, 4.69) is 10.6 Å². The summed E-state index contributed by atoms with van der Waals surface area (Å²) in [4.78, 5) is 11.7. The van der Waals surface area contributed by atoms with Gasteiger partial charge in [-0.2, -0.15) is 0 Å². The molecule has 0 aromatic rings. The first kappa shape index (κ1) is 13.5. The van der Waals surface area contributed by atoms with E-state index in [-0.39, 0.29) is 24.1 Å². The van der Waals surface area contributed by atoms with Crippen LogP contribution in [0.3, 0.4) is 0 Å². The standard InChI is InChI=1S/C12H24N2O2/c1-4-8(2)14-12(16)9(3)13-7-11(15)10-5-6-10/h8-11,13,15H,4-7H2,1-3H3,(H,14,16). The summed E-state index contributed by atoms with van der Waals surface area (Å²) in [6, 6.07) is -0.0208. The molecule has 0 aromatic carbocycles. The lowest BCUT2D eigenvalue weighted by Gasteiger charge is -2.19. The Morgan fingerprint density at radius 3 is 2.56 bits per heavy atom. The summed E-state index contributed by atoms with van der Waals surface area (Å²) >= 11 is 0. The number of carbonyl (C=O) groups excluding carboxylic acids is 1. The number of hydrogen-bond donors (Lipinski definition) is 3. The summed E-state index contributed by atoms with van der Waals surface area (Å²) in [5.74, 6) is 0.467. The average Bonchev–Trinajstić information content (AvgIpc) is 3.08. The van der Waals surface area contributed by atoms with Gasteiger partial charge in [-0.15, -0.1) is 0 Å². The van der Waals surface area contributed by atoms with Crippen molar-refractivity contribution in [2.24, 2.45) is 5.92 Å². The Labute approximate surface area is 97.8 Å². The van der Waals surface area contributed by atoms with Crippen LogP contribution in [0.5, 0.6) is 0 Å². The van der Waals surface area contributed by atoms with Crippen LogP contribution in [0.4, 0.5) is 0 Å². The highest BCUT2D eigenvalue weighted by Crippen LogP contribution is 2.32. The summed E-state index contributed by atoms with van der Waals surface area (Å²) in [6.45, 7) is 6.38. The molecule has 1 saturated carbocycles. The summed E-state index contributed by atoms with van der Waals surface area (Å²) in [5, 5.41) is 15.6. The molecule has 1 rings (SSSR count). The van der Waals surface area contributed by atoms with Gasteiger partial charge in [-0.3, -0.25) is 4.79 Å². The van der Waals surface area contributed by atoms with Crippen molar-refractivity contribution in [3.05, 3.63) is 0 Å². The summed E-state index contributed by atoms with van der Waals surface area (Å²) in [6.07, 6.45) is 2.88. The molecular weight excluding hydrogens is 204 g/mol. The van der Waals surface area contributed by atoms with Crippen molar-refractivity contribution >= 4 is 5.91 Å². The molecule has 94 valence electrons. The van der Waals surface area contributed by atoms with Gasteiger partial charge in [-0.1, -0.05) is 6.92 Å². The van der Waals surface area contributed by atoms with E-state index in [1.165, 1.54) is 0 Å². The minimum atomic E-state index is -0.293. The topological polar surface area (TPSA) is 61.4 Å². The molecule has 1 fully saturated rings. The van der Waals surface area contributed by atoms with Gasteiger partial charge in [0.05, 0.1) is 12.1 Å². The first-order valence-electron chi connectivity index (χ1n) is 6.26. The first-order chi connectivity index (χ1) is 7.54. The van der Waals surface area contributed by atoms with Gasteiger partial charge in [0.1, 0.15) is 0 Å². The van der Waals surface area contributed by atoms with Gasteiger partial charge < -0.3 is 15.7 Å². The minimum Gasteiger partial charge on any atom is -0.392 e. The van der Waals surface area contributed by atoms with Crippen LogP contribution in [-0.2, 0) is 4.79 Å². The van der Waals surface area contributed by atoms with Crippen molar-refractivity contribution in [2.75, 3.05) is 6.54 Å². The lowest BCUT2D eigenvalue weighted by atomic mass is 10.2. The van der Waals surface area contributed by atoms with Crippen molar-refractivity contribution in [1.29, 1.82) is 0 Å². The zero-order chi connectivity index (χ0) is 12.1. The van der Waals surface area contributed by atoms with Gasteiger partial charge in [0, 0.05) is 12.6 Å². The van der Waals surface area contributed by atoms with Gasteiger partial charge in [0.15, 0.2) is 0 Å². The number of carbonyl (C=O) groups is 1. The van der Waals surface area contributed by atoms with Crippen LogP contribution in [0.25, 0.3) is 0 Å². The third kappa shape index (κ3) is 4.49. The van der Waals surface area contributed by atoms with E-state index in [1.54, 1.807) is 0 Å². The number of aliphatic hydroxyl groups is 1. The fourth-order valence-electron chi connectivity index (χ4n) is 1.51. The maximum Gasteiger partial charge on any atom is 0.237 e. The monoisotopic (exact) mass is 228 g/mol. The molecule has 4 nitrogen and oxygen atoms in total. The van der Waals surface area contributed by atoms with Crippen molar-refractivity contribution in [3.8, 4) is 0 Å². The van der Waals surface area contributed by atoms with E-state index in [1.807, 2.05) is 20.8 Å². The highest BCUT2D eigenvalue weighted by atomic mass is 16.3. The molecule has 4 heteroatoms.